The highest BCUT2D eigenvalue weighted by molar-refractivity contribution is 6.29. The van der Waals surface area contributed by atoms with Gasteiger partial charge in [-0.25, -0.2) is 4.98 Å². The number of halogens is 1. The summed E-state index contributed by atoms with van der Waals surface area (Å²) < 4.78 is 0. The SMILES string of the molecule is CC(Nc1cccc(Cl)n1)C1CC2C=CC1C2. The molecule has 4 atom stereocenters. The van der Waals surface area contributed by atoms with Gasteiger partial charge in [0, 0.05) is 6.04 Å². The van der Waals surface area contributed by atoms with Gasteiger partial charge >= 0.3 is 0 Å². The van der Waals surface area contributed by atoms with Gasteiger partial charge in [0.2, 0.25) is 0 Å². The van der Waals surface area contributed by atoms with Crippen LogP contribution in [0.15, 0.2) is 30.4 Å². The number of aromatic nitrogens is 1. The Labute approximate surface area is 107 Å². The second-order valence-electron chi connectivity index (χ2n) is 5.22. The van der Waals surface area contributed by atoms with E-state index in [1.54, 1.807) is 6.07 Å². The van der Waals surface area contributed by atoms with Crippen molar-refractivity contribution in [3.05, 3.63) is 35.5 Å². The summed E-state index contributed by atoms with van der Waals surface area (Å²) in [5, 5.41) is 4.03. The molecule has 1 aromatic rings. The maximum absolute atomic E-state index is 5.89. The van der Waals surface area contributed by atoms with Crippen molar-refractivity contribution in [1.82, 2.24) is 4.98 Å². The van der Waals surface area contributed by atoms with Crippen LogP contribution in [0.2, 0.25) is 5.15 Å². The Bertz CT molecular complexity index is 444. The van der Waals surface area contributed by atoms with E-state index in [1.165, 1.54) is 12.8 Å². The number of anilines is 1. The fourth-order valence-corrected chi connectivity index (χ4v) is 3.39. The van der Waals surface area contributed by atoms with Crippen molar-refractivity contribution >= 4 is 17.4 Å². The molecule has 0 amide bonds. The van der Waals surface area contributed by atoms with Gasteiger partial charge in [0.15, 0.2) is 0 Å². The highest BCUT2D eigenvalue weighted by Crippen LogP contribution is 2.45. The predicted octanol–water partition coefficient (Wildman–Crippen LogP) is 3.75. The Balaban J connectivity index is 1.67. The second kappa shape index (κ2) is 4.34. The smallest absolute Gasteiger partial charge is 0.131 e. The predicted molar refractivity (Wildman–Crippen MR) is 71.2 cm³/mol. The van der Waals surface area contributed by atoms with E-state index in [-0.39, 0.29) is 0 Å². The van der Waals surface area contributed by atoms with Crippen molar-refractivity contribution in [3.63, 3.8) is 0 Å². The van der Waals surface area contributed by atoms with Crippen LogP contribution in [-0.4, -0.2) is 11.0 Å². The zero-order chi connectivity index (χ0) is 11.8. The summed E-state index contributed by atoms with van der Waals surface area (Å²) in [5.41, 5.74) is 0. The summed E-state index contributed by atoms with van der Waals surface area (Å²) in [6, 6.07) is 6.18. The molecule has 1 fully saturated rings. The molecule has 3 heteroatoms. The molecule has 2 nitrogen and oxygen atoms in total. The van der Waals surface area contributed by atoms with E-state index in [1.807, 2.05) is 12.1 Å². The summed E-state index contributed by atoms with van der Waals surface area (Å²) in [4.78, 5) is 4.28. The molecular weight excluding hydrogens is 232 g/mol. The quantitative estimate of drug-likeness (QED) is 0.651. The molecule has 2 aliphatic carbocycles. The molecule has 17 heavy (non-hydrogen) atoms. The van der Waals surface area contributed by atoms with Crippen molar-refractivity contribution < 1.29 is 0 Å². The number of pyridine rings is 1. The van der Waals surface area contributed by atoms with E-state index >= 15 is 0 Å². The van der Waals surface area contributed by atoms with Gasteiger partial charge in [-0.2, -0.15) is 0 Å². The van der Waals surface area contributed by atoms with Crippen LogP contribution in [0, 0.1) is 17.8 Å². The third kappa shape index (κ3) is 2.19. The van der Waals surface area contributed by atoms with Crippen LogP contribution in [0.25, 0.3) is 0 Å². The Morgan fingerprint density at radius 1 is 1.35 bits per heavy atom. The number of allylic oxidation sites excluding steroid dienone is 2. The first-order valence-corrected chi connectivity index (χ1v) is 6.67. The van der Waals surface area contributed by atoms with Crippen molar-refractivity contribution in [2.75, 3.05) is 5.32 Å². The first-order valence-electron chi connectivity index (χ1n) is 6.30. The van der Waals surface area contributed by atoms with E-state index in [0.29, 0.717) is 11.2 Å². The number of nitrogens with zero attached hydrogens (tertiary/aromatic N) is 1. The second-order valence-corrected chi connectivity index (χ2v) is 5.61. The standard InChI is InChI=1S/C14H17ClN2/c1-9(12-8-10-5-6-11(12)7-10)16-14-4-2-3-13(15)17-14/h2-6,9-12H,7-8H2,1H3,(H,16,17). The van der Waals surface area contributed by atoms with Crippen molar-refractivity contribution in [2.45, 2.75) is 25.8 Å². The van der Waals surface area contributed by atoms with Crippen molar-refractivity contribution in [2.24, 2.45) is 17.8 Å². The number of nitrogens with one attached hydrogen (secondary N) is 1. The zero-order valence-corrected chi connectivity index (χ0v) is 10.7. The number of fused-ring (bicyclic) bond motifs is 2. The average Bonchev–Trinajstić information content (AvgIpc) is 2.90. The average molecular weight is 249 g/mol. The van der Waals surface area contributed by atoms with Crippen molar-refractivity contribution in [3.8, 4) is 0 Å². The molecule has 2 bridgehead atoms. The van der Waals surface area contributed by atoms with E-state index in [2.05, 4.69) is 29.4 Å². The molecule has 1 heterocycles. The maximum atomic E-state index is 5.89. The lowest BCUT2D eigenvalue weighted by atomic mass is 9.87. The lowest BCUT2D eigenvalue weighted by Crippen LogP contribution is -2.29. The van der Waals surface area contributed by atoms with E-state index in [4.69, 9.17) is 11.6 Å². The molecule has 90 valence electrons. The Kier molecular flexibility index (Phi) is 2.83. The lowest BCUT2D eigenvalue weighted by molar-refractivity contribution is 0.399. The fourth-order valence-electron chi connectivity index (χ4n) is 3.23. The van der Waals surface area contributed by atoms with Crippen LogP contribution in [0.5, 0.6) is 0 Å². The molecule has 1 saturated carbocycles. The van der Waals surface area contributed by atoms with Gasteiger partial charge < -0.3 is 5.32 Å². The zero-order valence-electron chi connectivity index (χ0n) is 9.94. The van der Waals surface area contributed by atoms with E-state index in [9.17, 15) is 0 Å². The molecule has 1 aromatic heterocycles. The Morgan fingerprint density at radius 3 is 2.88 bits per heavy atom. The van der Waals surface area contributed by atoms with Gasteiger partial charge in [0.05, 0.1) is 0 Å². The van der Waals surface area contributed by atoms with Gasteiger partial charge in [-0.1, -0.05) is 29.8 Å². The molecule has 0 aromatic carbocycles. The highest BCUT2D eigenvalue weighted by atomic mass is 35.5. The van der Waals surface area contributed by atoms with Gasteiger partial charge in [0.25, 0.3) is 0 Å². The summed E-state index contributed by atoms with van der Waals surface area (Å²) in [6.07, 6.45) is 7.43. The normalized spacial score (nSPS) is 31.8. The van der Waals surface area contributed by atoms with E-state index < -0.39 is 0 Å². The fraction of sp³-hybridized carbons (Fsp3) is 0.500. The molecule has 0 saturated heterocycles. The van der Waals surface area contributed by atoms with Crippen LogP contribution in [0.3, 0.4) is 0 Å². The lowest BCUT2D eigenvalue weighted by Gasteiger charge is -2.26. The number of hydrogen-bond acceptors (Lipinski definition) is 2. The largest absolute Gasteiger partial charge is 0.367 e. The van der Waals surface area contributed by atoms with Gasteiger partial charge in [-0.05, 0) is 49.7 Å². The van der Waals surface area contributed by atoms with E-state index in [0.717, 1.165) is 23.6 Å². The van der Waals surface area contributed by atoms with Crippen molar-refractivity contribution in [1.29, 1.82) is 0 Å². The third-order valence-electron chi connectivity index (χ3n) is 4.06. The molecule has 0 spiro atoms. The summed E-state index contributed by atoms with van der Waals surface area (Å²) in [6.45, 7) is 2.25. The minimum absolute atomic E-state index is 0.459. The minimum Gasteiger partial charge on any atom is -0.367 e. The Morgan fingerprint density at radius 2 is 2.24 bits per heavy atom. The molecule has 3 rings (SSSR count). The van der Waals surface area contributed by atoms with Gasteiger partial charge in [0.1, 0.15) is 11.0 Å². The van der Waals surface area contributed by atoms with Crippen LogP contribution >= 0.6 is 11.6 Å². The summed E-state index contributed by atoms with van der Waals surface area (Å²) in [7, 11) is 0. The monoisotopic (exact) mass is 248 g/mol. The molecule has 0 radical (unpaired) electrons. The summed E-state index contributed by atoms with van der Waals surface area (Å²) in [5.74, 6) is 3.21. The van der Waals surface area contributed by atoms with Crippen LogP contribution < -0.4 is 5.32 Å². The summed E-state index contributed by atoms with van der Waals surface area (Å²) >= 11 is 5.89. The molecule has 4 unspecified atom stereocenters. The van der Waals surface area contributed by atoms with Crippen LogP contribution in [0.4, 0.5) is 5.82 Å². The number of hydrogen-bond donors (Lipinski definition) is 1. The Hall–Kier alpha value is -1.02. The molecule has 1 N–H and O–H groups in total. The first kappa shape index (κ1) is 11.1. The third-order valence-corrected chi connectivity index (χ3v) is 4.27. The first-order chi connectivity index (χ1) is 8.22. The molecule has 0 aliphatic heterocycles. The minimum atomic E-state index is 0.459. The highest BCUT2D eigenvalue weighted by Gasteiger charge is 2.38. The topological polar surface area (TPSA) is 24.9 Å². The van der Waals surface area contributed by atoms with Gasteiger partial charge in [-0.3, -0.25) is 0 Å². The van der Waals surface area contributed by atoms with Gasteiger partial charge in [-0.15, -0.1) is 0 Å². The molecule has 2 aliphatic rings. The number of rotatable bonds is 3. The van der Waals surface area contributed by atoms with Crippen LogP contribution in [-0.2, 0) is 0 Å². The van der Waals surface area contributed by atoms with Crippen LogP contribution in [0.1, 0.15) is 19.8 Å². The maximum Gasteiger partial charge on any atom is 0.131 e. The molecular formula is C14H17ClN2.